The van der Waals surface area contributed by atoms with Gasteiger partial charge in [-0.05, 0) is 31.0 Å². The highest BCUT2D eigenvalue weighted by Gasteiger charge is 2.08. The van der Waals surface area contributed by atoms with Gasteiger partial charge >= 0.3 is 0 Å². The van der Waals surface area contributed by atoms with Crippen LogP contribution in [0.5, 0.6) is 11.5 Å². The van der Waals surface area contributed by atoms with E-state index in [9.17, 15) is 0 Å². The lowest BCUT2D eigenvalue weighted by Crippen LogP contribution is -2.40. The SMILES string of the molecule is C=CCN=C(NCC)N(C)CCc1ccc(OC)c(OC)c1.I. The molecular weight excluding hydrogens is 405 g/mol. The molecule has 1 N–H and O–H groups in total. The Balaban J connectivity index is 0.00000484. The van der Waals surface area contributed by atoms with Crippen molar-refractivity contribution in [1.29, 1.82) is 0 Å². The summed E-state index contributed by atoms with van der Waals surface area (Å²) in [7, 11) is 5.33. The molecule has 0 aliphatic carbocycles. The van der Waals surface area contributed by atoms with E-state index in [0.717, 1.165) is 37.0 Å². The number of hydrogen-bond donors (Lipinski definition) is 1. The Kier molecular flexibility index (Phi) is 11.3. The van der Waals surface area contributed by atoms with E-state index in [1.165, 1.54) is 5.56 Å². The summed E-state index contributed by atoms with van der Waals surface area (Å²) in [4.78, 5) is 6.59. The van der Waals surface area contributed by atoms with Crippen LogP contribution in [0.4, 0.5) is 0 Å². The van der Waals surface area contributed by atoms with Crippen molar-refractivity contribution in [3.63, 3.8) is 0 Å². The summed E-state index contributed by atoms with van der Waals surface area (Å²) in [6, 6.07) is 6.01. The van der Waals surface area contributed by atoms with Gasteiger partial charge in [-0.15, -0.1) is 30.6 Å². The van der Waals surface area contributed by atoms with Gasteiger partial charge in [-0.1, -0.05) is 12.1 Å². The third-order valence-electron chi connectivity index (χ3n) is 3.25. The number of nitrogens with zero attached hydrogens (tertiary/aromatic N) is 2. The van der Waals surface area contributed by atoms with Crippen LogP contribution in [-0.4, -0.2) is 51.8 Å². The van der Waals surface area contributed by atoms with Crippen LogP contribution < -0.4 is 14.8 Å². The first-order chi connectivity index (χ1) is 10.7. The zero-order valence-electron chi connectivity index (χ0n) is 14.5. The van der Waals surface area contributed by atoms with Gasteiger partial charge in [-0.25, -0.2) is 4.99 Å². The first kappa shape index (κ1) is 21.6. The van der Waals surface area contributed by atoms with E-state index in [1.54, 1.807) is 20.3 Å². The highest BCUT2D eigenvalue weighted by Crippen LogP contribution is 2.27. The van der Waals surface area contributed by atoms with Gasteiger partial charge in [-0.3, -0.25) is 0 Å². The molecule has 0 radical (unpaired) electrons. The molecule has 0 heterocycles. The van der Waals surface area contributed by atoms with Gasteiger partial charge in [-0.2, -0.15) is 0 Å². The Hall–Kier alpha value is -1.44. The molecule has 1 aromatic carbocycles. The third-order valence-corrected chi connectivity index (χ3v) is 3.25. The Morgan fingerprint density at radius 2 is 2.00 bits per heavy atom. The zero-order valence-corrected chi connectivity index (χ0v) is 16.8. The molecule has 0 saturated heterocycles. The van der Waals surface area contributed by atoms with Crippen molar-refractivity contribution < 1.29 is 9.47 Å². The summed E-state index contributed by atoms with van der Waals surface area (Å²) in [5.41, 5.74) is 1.20. The minimum Gasteiger partial charge on any atom is -0.493 e. The van der Waals surface area contributed by atoms with Crippen molar-refractivity contribution in [2.24, 2.45) is 4.99 Å². The first-order valence-corrected chi connectivity index (χ1v) is 7.47. The maximum atomic E-state index is 5.34. The van der Waals surface area contributed by atoms with Crippen LogP contribution in [-0.2, 0) is 6.42 Å². The van der Waals surface area contributed by atoms with Gasteiger partial charge in [0.05, 0.1) is 20.8 Å². The normalized spacial score (nSPS) is 10.5. The molecule has 0 aromatic heterocycles. The number of halogens is 1. The number of methoxy groups -OCH3 is 2. The lowest BCUT2D eigenvalue weighted by molar-refractivity contribution is 0.354. The molecule has 130 valence electrons. The predicted molar refractivity (Wildman–Crippen MR) is 107 cm³/mol. The second-order valence-corrected chi connectivity index (χ2v) is 4.84. The predicted octanol–water partition coefficient (Wildman–Crippen LogP) is 2.95. The summed E-state index contributed by atoms with van der Waals surface area (Å²) in [6.45, 7) is 8.08. The number of aliphatic imine (C=N–C) groups is 1. The monoisotopic (exact) mass is 433 g/mol. The van der Waals surface area contributed by atoms with E-state index >= 15 is 0 Å². The van der Waals surface area contributed by atoms with E-state index < -0.39 is 0 Å². The molecule has 0 unspecified atom stereocenters. The molecule has 23 heavy (non-hydrogen) atoms. The fourth-order valence-electron chi connectivity index (χ4n) is 2.06. The molecule has 0 aliphatic heterocycles. The molecular formula is C17H28IN3O2. The number of ether oxygens (including phenoxy) is 2. The summed E-state index contributed by atoms with van der Waals surface area (Å²) in [5.74, 6) is 2.40. The average Bonchev–Trinajstić information content (AvgIpc) is 2.56. The molecule has 0 fully saturated rings. The molecule has 1 aromatic rings. The van der Waals surface area contributed by atoms with Gasteiger partial charge in [0.15, 0.2) is 17.5 Å². The van der Waals surface area contributed by atoms with Gasteiger partial charge in [0.1, 0.15) is 0 Å². The molecule has 0 aliphatic rings. The molecule has 6 heteroatoms. The first-order valence-electron chi connectivity index (χ1n) is 7.47. The van der Waals surface area contributed by atoms with Gasteiger partial charge in [0.25, 0.3) is 0 Å². The number of hydrogen-bond acceptors (Lipinski definition) is 3. The molecule has 0 bridgehead atoms. The topological polar surface area (TPSA) is 46.1 Å². The van der Waals surface area contributed by atoms with E-state index in [2.05, 4.69) is 34.8 Å². The van der Waals surface area contributed by atoms with Crippen LogP contribution in [0.15, 0.2) is 35.8 Å². The summed E-state index contributed by atoms with van der Waals surface area (Å²) >= 11 is 0. The van der Waals surface area contributed by atoms with Gasteiger partial charge in [0, 0.05) is 20.1 Å². The van der Waals surface area contributed by atoms with Crippen LogP contribution in [0.3, 0.4) is 0 Å². The second-order valence-electron chi connectivity index (χ2n) is 4.84. The van der Waals surface area contributed by atoms with Crippen molar-refractivity contribution >= 4 is 29.9 Å². The number of likely N-dealkylation sites (N-methyl/N-ethyl adjacent to an activating group) is 1. The highest BCUT2D eigenvalue weighted by atomic mass is 127. The van der Waals surface area contributed by atoms with Crippen LogP contribution in [0.25, 0.3) is 0 Å². The molecule has 1 rings (SSSR count). The Morgan fingerprint density at radius 3 is 2.57 bits per heavy atom. The molecule has 0 amide bonds. The van der Waals surface area contributed by atoms with Crippen molar-refractivity contribution in [3.8, 4) is 11.5 Å². The number of guanidine groups is 1. The van der Waals surface area contributed by atoms with Crippen molar-refractivity contribution in [3.05, 3.63) is 36.4 Å². The Bertz CT molecular complexity index is 507. The van der Waals surface area contributed by atoms with E-state index in [-0.39, 0.29) is 24.0 Å². The molecule has 0 saturated carbocycles. The Morgan fingerprint density at radius 1 is 1.30 bits per heavy atom. The van der Waals surface area contributed by atoms with Gasteiger partial charge in [0.2, 0.25) is 0 Å². The second kappa shape index (κ2) is 12.0. The maximum absolute atomic E-state index is 5.34. The van der Waals surface area contributed by atoms with Crippen molar-refractivity contribution in [2.75, 3.05) is 40.9 Å². The largest absolute Gasteiger partial charge is 0.493 e. The van der Waals surface area contributed by atoms with E-state index in [4.69, 9.17) is 9.47 Å². The number of rotatable bonds is 8. The van der Waals surface area contributed by atoms with Crippen LogP contribution in [0.1, 0.15) is 12.5 Å². The molecule has 0 atom stereocenters. The third kappa shape index (κ3) is 7.11. The van der Waals surface area contributed by atoms with Crippen molar-refractivity contribution in [1.82, 2.24) is 10.2 Å². The quantitative estimate of drug-likeness (QED) is 0.297. The summed E-state index contributed by atoms with van der Waals surface area (Å²) in [5, 5.41) is 3.28. The maximum Gasteiger partial charge on any atom is 0.193 e. The zero-order chi connectivity index (χ0) is 16.4. The smallest absolute Gasteiger partial charge is 0.193 e. The molecule has 5 nitrogen and oxygen atoms in total. The van der Waals surface area contributed by atoms with E-state index in [1.807, 2.05) is 19.2 Å². The van der Waals surface area contributed by atoms with E-state index in [0.29, 0.717) is 6.54 Å². The Labute approximate surface area is 156 Å². The fraction of sp³-hybridized carbons (Fsp3) is 0.471. The lowest BCUT2D eigenvalue weighted by atomic mass is 10.1. The minimum absolute atomic E-state index is 0. The molecule has 0 spiro atoms. The van der Waals surface area contributed by atoms with Crippen LogP contribution in [0, 0.1) is 0 Å². The minimum atomic E-state index is 0. The van der Waals surface area contributed by atoms with Crippen LogP contribution in [0.2, 0.25) is 0 Å². The van der Waals surface area contributed by atoms with Gasteiger partial charge < -0.3 is 19.7 Å². The summed E-state index contributed by atoms with van der Waals surface area (Å²) in [6.07, 6.45) is 2.69. The summed E-state index contributed by atoms with van der Waals surface area (Å²) < 4.78 is 10.6. The standard InChI is InChI=1S/C17H27N3O2.HI/c1-6-11-19-17(18-7-2)20(3)12-10-14-8-9-15(21-4)16(13-14)22-5;/h6,8-9,13H,1,7,10-12H2,2-5H3,(H,18,19);1H. The number of nitrogens with one attached hydrogen (secondary N) is 1. The van der Waals surface area contributed by atoms with Crippen molar-refractivity contribution in [2.45, 2.75) is 13.3 Å². The fourth-order valence-corrected chi connectivity index (χ4v) is 2.06. The lowest BCUT2D eigenvalue weighted by Gasteiger charge is -2.22. The number of benzene rings is 1. The van der Waals surface area contributed by atoms with Crippen LogP contribution >= 0.6 is 24.0 Å². The highest BCUT2D eigenvalue weighted by molar-refractivity contribution is 14.0. The average molecular weight is 433 g/mol.